The maximum absolute atomic E-state index is 12.5. The summed E-state index contributed by atoms with van der Waals surface area (Å²) in [6, 6.07) is 4.77. The first-order chi connectivity index (χ1) is 7.78. The molecule has 0 spiro atoms. The summed E-state index contributed by atoms with van der Waals surface area (Å²) in [5.41, 5.74) is -4.20. The Kier molecular flexibility index (Phi) is 4.39. The Morgan fingerprint density at radius 3 is 2.29 bits per heavy atom. The van der Waals surface area contributed by atoms with E-state index in [1.54, 1.807) is 0 Å². The van der Waals surface area contributed by atoms with Gasteiger partial charge in [-0.1, -0.05) is 0 Å². The molecule has 0 radical (unpaired) electrons. The molecule has 0 aromatic heterocycles. The van der Waals surface area contributed by atoms with E-state index in [0.29, 0.717) is 0 Å². The highest BCUT2D eigenvalue weighted by Gasteiger charge is 2.34. The van der Waals surface area contributed by atoms with Gasteiger partial charge in [0.2, 0.25) is 5.91 Å². The molecule has 17 heavy (non-hydrogen) atoms. The summed E-state index contributed by atoms with van der Waals surface area (Å²) in [6.45, 7) is 1.15. The zero-order valence-corrected chi connectivity index (χ0v) is 9.53. The van der Waals surface area contributed by atoms with E-state index in [1.165, 1.54) is 12.1 Å². The number of rotatable bonds is 3. The van der Waals surface area contributed by atoms with E-state index in [0.717, 1.165) is 19.1 Å². The van der Waals surface area contributed by atoms with Crippen molar-refractivity contribution in [2.75, 3.05) is 5.32 Å². The van der Waals surface area contributed by atoms with Crippen molar-refractivity contribution in [1.29, 1.82) is 0 Å². The van der Waals surface area contributed by atoms with Crippen LogP contribution in [0.25, 0.3) is 0 Å². The molecule has 1 aromatic carbocycles. The third kappa shape index (κ3) is 5.08. The van der Waals surface area contributed by atoms with Gasteiger partial charge in [0.1, 0.15) is 5.82 Å². The van der Waals surface area contributed by atoms with Crippen LogP contribution in [0, 0.1) is 5.82 Å². The molecule has 1 aromatic rings. The largest absolute Gasteiger partial charge is 0.442 e. The van der Waals surface area contributed by atoms with Crippen LogP contribution >= 0.6 is 11.8 Å². The molecule has 0 saturated carbocycles. The first-order valence-electron chi connectivity index (χ1n) is 4.59. The highest BCUT2D eigenvalue weighted by Crippen LogP contribution is 2.34. The topological polar surface area (TPSA) is 29.1 Å². The van der Waals surface area contributed by atoms with Crippen molar-refractivity contribution in [3.05, 3.63) is 30.1 Å². The van der Waals surface area contributed by atoms with Crippen molar-refractivity contribution in [3.63, 3.8) is 0 Å². The summed E-state index contributed by atoms with van der Waals surface area (Å²) in [4.78, 5) is 11.3. The second-order valence-electron chi connectivity index (χ2n) is 3.20. The molecule has 7 heteroatoms. The maximum atomic E-state index is 12.5. The Morgan fingerprint density at radius 1 is 1.29 bits per heavy atom. The number of carbonyl (C=O) groups excluding carboxylic acids is 1. The van der Waals surface area contributed by atoms with Crippen LogP contribution in [-0.2, 0) is 4.79 Å². The van der Waals surface area contributed by atoms with Gasteiger partial charge in [-0.05, 0) is 43.0 Å². The van der Waals surface area contributed by atoms with Gasteiger partial charge in [-0.3, -0.25) is 4.79 Å². The molecule has 1 rings (SSSR count). The molecular formula is C10H9F4NOS. The minimum atomic E-state index is -4.46. The van der Waals surface area contributed by atoms with E-state index < -0.39 is 34.2 Å². The monoisotopic (exact) mass is 267 g/mol. The van der Waals surface area contributed by atoms with E-state index >= 15 is 0 Å². The van der Waals surface area contributed by atoms with Gasteiger partial charge in [0.25, 0.3) is 0 Å². The summed E-state index contributed by atoms with van der Waals surface area (Å²) >= 11 is -0.399. The Morgan fingerprint density at radius 2 is 1.82 bits per heavy atom. The summed E-state index contributed by atoms with van der Waals surface area (Å²) in [5.74, 6) is -1.26. The van der Waals surface area contributed by atoms with Gasteiger partial charge in [0.05, 0.1) is 5.25 Å². The SMILES string of the molecule is CC(SC(F)(F)F)C(=O)Nc1ccc(F)cc1. The number of halogens is 4. The highest BCUT2D eigenvalue weighted by molar-refractivity contribution is 8.01. The van der Waals surface area contributed by atoms with Crippen molar-refractivity contribution >= 4 is 23.4 Å². The Hall–Kier alpha value is -1.24. The van der Waals surface area contributed by atoms with Gasteiger partial charge in [-0.2, -0.15) is 13.2 Å². The van der Waals surface area contributed by atoms with Crippen LogP contribution < -0.4 is 5.32 Å². The summed E-state index contributed by atoms with van der Waals surface area (Å²) in [7, 11) is 0. The molecular weight excluding hydrogens is 258 g/mol. The molecule has 0 aliphatic heterocycles. The van der Waals surface area contributed by atoms with E-state index in [9.17, 15) is 22.4 Å². The fraction of sp³-hybridized carbons (Fsp3) is 0.300. The zero-order chi connectivity index (χ0) is 13.1. The maximum Gasteiger partial charge on any atom is 0.442 e. The lowest BCUT2D eigenvalue weighted by atomic mass is 10.3. The van der Waals surface area contributed by atoms with Gasteiger partial charge in [0.15, 0.2) is 0 Å². The molecule has 1 unspecified atom stereocenters. The van der Waals surface area contributed by atoms with E-state index in [2.05, 4.69) is 5.32 Å². The zero-order valence-electron chi connectivity index (χ0n) is 8.72. The van der Waals surface area contributed by atoms with Crippen molar-refractivity contribution in [1.82, 2.24) is 0 Å². The number of anilines is 1. The first kappa shape index (κ1) is 13.8. The third-order valence-electron chi connectivity index (χ3n) is 1.79. The average molecular weight is 267 g/mol. The molecule has 0 aliphatic rings. The number of amides is 1. The second-order valence-corrected chi connectivity index (χ2v) is 4.61. The quantitative estimate of drug-likeness (QED) is 0.850. The highest BCUT2D eigenvalue weighted by atomic mass is 32.2. The second kappa shape index (κ2) is 5.39. The minimum Gasteiger partial charge on any atom is -0.325 e. The molecule has 1 atom stereocenters. The van der Waals surface area contributed by atoms with Crippen LogP contribution in [-0.4, -0.2) is 16.7 Å². The summed E-state index contributed by atoms with van der Waals surface area (Å²) < 4.78 is 48.5. The lowest BCUT2D eigenvalue weighted by molar-refractivity contribution is -0.115. The number of benzene rings is 1. The molecule has 2 nitrogen and oxygen atoms in total. The van der Waals surface area contributed by atoms with Gasteiger partial charge >= 0.3 is 5.51 Å². The van der Waals surface area contributed by atoms with Crippen LogP contribution in [0.15, 0.2) is 24.3 Å². The molecule has 94 valence electrons. The first-order valence-corrected chi connectivity index (χ1v) is 5.47. The summed E-state index contributed by atoms with van der Waals surface area (Å²) in [5, 5.41) is 1.00. The van der Waals surface area contributed by atoms with Gasteiger partial charge < -0.3 is 5.32 Å². The van der Waals surface area contributed by atoms with Gasteiger partial charge in [-0.15, -0.1) is 0 Å². The van der Waals surface area contributed by atoms with Crippen LogP contribution in [0.3, 0.4) is 0 Å². The van der Waals surface area contributed by atoms with E-state index in [4.69, 9.17) is 0 Å². The number of hydrogen-bond acceptors (Lipinski definition) is 2. The van der Waals surface area contributed by atoms with Gasteiger partial charge in [0, 0.05) is 5.69 Å². The molecule has 0 aliphatic carbocycles. The average Bonchev–Trinajstić information content (AvgIpc) is 2.19. The van der Waals surface area contributed by atoms with Crippen molar-refractivity contribution in [2.45, 2.75) is 17.7 Å². The number of hydrogen-bond donors (Lipinski definition) is 1. The lowest BCUT2D eigenvalue weighted by Gasteiger charge is -2.13. The standard InChI is InChI=1S/C10H9F4NOS/c1-6(17-10(12,13)14)9(16)15-8-4-2-7(11)3-5-8/h2-6H,1H3,(H,15,16). The van der Waals surface area contributed by atoms with Crippen molar-refractivity contribution in [2.24, 2.45) is 0 Å². The van der Waals surface area contributed by atoms with Crippen LogP contribution in [0.2, 0.25) is 0 Å². The third-order valence-corrected chi connectivity index (χ3v) is 2.63. The Balaban J connectivity index is 2.57. The molecule has 1 amide bonds. The number of carbonyl (C=O) groups is 1. The van der Waals surface area contributed by atoms with E-state index in [1.807, 2.05) is 0 Å². The van der Waals surface area contributed by atoms with Crippen molar-refractivity contribution in [3.8, 4) is 0 Å². The number of nitrogens with one attached hydrogen (secondary N) is 1. The predicted molar refractivity (Wildman–Crippen MR) is 58.1 cm³/mol. The molecule has 0 bridgehead atoms. The Bertz CT molecular complexity index is 390. The van der Waals surface area contributed by atoms with Crippen LogP contribution in [0.5, 0.6) is 0 Å². The Labute approximate surface area is 99.4 Å². The van der Waals surface area contributed by atoms with E-state index in [-0.39, 0.29) is 5.69 Å². The molecule has 0 saturated heterocycles. The van der Waals surface area contributed by atoms with Crippen molar-refractivity contribution < 1.29 is 22.4 Å². The lowest BCUT2D eigenvalue weighted by Crippen LogP contribution is -2.25. The molecule has 0 heterocycles. The fourth-order valence-electron chi connectivity index (χ4n) is 1.03. The predicted octanol–water partition coefficient (Wildman–Crippen LogP) is 3.41. The minimum absolute atomic E-state index is 0.256. The van der Waals surface area contributed by atoms with Gasteiger partial charge in [-0.25, -0.2) is 4.39 Å². The van der Waals surface area contributed by atoms with Crippen LogP contribution in [0.1, 0.15) is 6.92 Å². The fourth-order valence-corrected chi connectivity index (χ4v) is 1.60. The summed E-state index contributed by atoms with van der Waals surface area (Å²) in [6.07, 6.45) is 0. The molecule has 1 N–H and O–H groups in total. The number of thioether (sulfide) groups is 1. The van der Waals surface area contributed by atoms with Crippen LogP contribution in [0.4, 0.5) is 23.2 Å². The number of alkyl halides is 3. The normalized spacial score (nSPS) is 13.2. The smallest absolute Gasteiger partial charge is 0.325 e. The molecule has 0 fully saturated rings.